The summed E-state index contributed by atoms with van der Waals surface area (Å²) in [6.45, 7) is 10.8. The van der Waals surface area contributed by atoms with Gasteiger partial charge >= 0.3 is 0 Å². The monoisotopic (exact) mass is 396 g/mol. The molecule has 0 saturated carbocycles. The number of rotatable bonds is 11. The summed E-state index contributed by atoms with van der Waals surface area (Å²) in [6, 6.07) is 7.31. The number of hydrogen-bond acceptors (Lipinski definition) is 4. The van der Waals surface area contributed by atoms with Crippen molar-refractivity contribution < 1.29 is 19.1 Å². The molecule has 0 spiro atoms. The molecule has 2 amide bonds. The predicted molar refractivity (Wildman–Crippen MR) is 112 cm³/mol. The van der Waals surface area contributed by atoms with E-state index in [1.165, 1.54) is 0 Å². The zero-order valence-electron chi connectivity index (χ0n) is 16.9. The highest BCUT2D eigenvalue weighted by Gasteiger charge is 2.23. The number of anilines is 1. The fraction of sp³-hybridized carbons (Fsp3) is 0.600. The Balaban J connectivity index is 2.37. The summed E-state index contributed by atoms with van der Waals surface area (Å²) < 4.78 is 11.3. The molecular formula is C20H32N2O4S. The number of benzene rings is 1. The minimum atomic E-state index is -0.433. The van der Waals surface area contributed by atoms with Crippen molar-refractivity contribution in [2.75, 3.05) is 18.5 Å². The van der Waals surface area contributed by atoms with Crippen molar-refractivity contribution in [2.24, 2.45) is 0 Å². The van der Waals surface area contributed by atoms with Crippen LogP contribution in [0.1, 0.15) is 53.9 Å². The summed E-state index contributed by atoms with van der Waals surface area (Å²) in [5.74, 6) is 0.723. The second kappa shape index (κ2) is 10.6. The number of amides is 2. The van der Waals surface area contributed by atoms with Crippen LogP contribution in [0.2, 0.25) is 0 Å². The Hall–Kier alpha value is -1.73. The average molecular weight is 397 g/mol. The Kier molecular flexibility index (Phi) is 9.12. The Labute approximate surface area is 167 Å². The maximum atomic E-state index is 12.2. The lowest BCUT2D eigenvalue weighted by Crippen LogP contribution is -2.42. The summed E-state index contributed by atoms with van der Waals surface area (Å²) in [5.41, 5.74) is -0.0802. The molecule has 0 aromatic heterocycles. The zero-order chi connectivity index (χ0) is 20.5. The summed E-state index contributed by atoms with van der Waals surface area (Å²) >= 11 is 3.74. The van der Waals surface area contributed by atoms with Crippen LogP contribution in [0, 0.1) is 0 Å². The molecule has 1 rings (SSSR count). The Morgan fingerprint density at radius 2 is 1.70 bits per heavy atom. The molecule has 152 valence electrons. The molecule has 0 aliphatic heterocycles. The van der Waals surface area contributed by atoms with Gasteiger partial charge in [-0.3, -0.25) is 9.59 Å². The largest absolute Gasteiger partial charge is 0.494 e. The van der Waals surface area contributed by atoms with E-state index in [0.717, 1.165) is 11.4 Å². The van der Waals surface area contributed by atoms with Crippen LogP contribution in [0.25, 0.3) is 0 Å². The molecule has 0 radical (unpaired) electrons. The lowest BCUT2D eigenvalue weighted by atomic mass is 10.00. The van der Waals surface area contributed by atoms with Gasteiger partial charge in [0.1, 0.15) is 5.75 Å². The normalized spacial score (nSPS) is 11.8. The summed E-state index contributed by atoms with van der Waals surface area (Å²) in [7, 11) is 0. The summed E-state index contributed by atoms with van der Waals surface area (Å²) in [4.78, 5) is 23.2. The number of carbonyl (C=O) groups excluding carboxylic acids is 2. The highest BCUT2D eigenvalue weighted by molar-refractivity contribution is 7.96. The molecule has 0 aliphatic rings. The third kappa shape index (κ3) is 10.2. The van der Waals surface area contributed by atoms with E-state index in [2.05, 4.69) is 23.3 Å². The number of nitrogens with one attached hydrogen (secondary N) is 2. The van der Waals surface area contributed by atoms with E-state index < -0.39 is 5.60 Å². The van der Waals surface area contributed by atoms with Crippen LogP contribution >= 0.6 is 12.6 Å². The Morgan fingerprint density at radius 1 is 1.07 bits per heavy atom. The quantitative estimate of drug-likeness (QED) is 0.484. The van der Waals surface area contributed by atoms with Crippen molar-refractivity contribution in [3.05, 3.63) is 24.3 Å². The maximum Gasteiger partial charge on any atom is 0.276 e. The van der Waals surface area contributed by atoms with Crippen molar-refractivity contribution in [3.8, 4) is 5.75 Å². The SMILES string of the molecule is CCOc1ccc(NC(=O)CCC(C)(C)OCCC(C)(C)NC(=O)S)cc1. The number of ether oxygens (including phenoxy) is 2. The predicted octanol–water partition coefficient (Wildman–Crippen LogP) is 4.41. The van der Waals surface area contributed by atoms with Gasteiger partial charge in [-0.15, -0.1) is 0 Å². The van der Waals surface area contributed by atoms with Gasteiger partial charge in [-0.25, -0.2) is 0 Å². The van der Waals surface area contributed by atoms with Crippen LogP contribution in [0.15, 0.2) is 24.3 Å². The number of carbonyl (C=O) groups is 2. The zero-order valence-corrected chi connectivity index (χ0v) is 17.8. The minimum Gasteiger partial charge on any atom is -0.494 e. The molecule has 0 atom stereocenters. The molecule has 6 nitrogen and oxygen atoms in total. The molecule has 2 N–H and O–H groups in total. The van der Waals surface area contributed by atoms with Gasteiger partial charge < -0.3 is 20.1 Å². The molecule has 0 heterocycles. The smallest absolute Gasteiger partial charge is 0.276 e. The van der Waals surface area contributed by atoms with Gasteiger partial charge in [0.2, 0.25) is 5.91 Å². The topological polar surface area (TPSA) is 76.7 Å². The van der Waals surface area contributed by atoms with Crippen molar-refractivity contribution >= 4 is 29.5 Å². The van der Waals surface area contributed by atoms with E-state index in [-0.39, 0.29) is 16.7 Å². The Bertz CT molecular complexity index is 615. The van der Waals surface area contributed by atoms with Gasteiger partial charge in [0, 0.05) is 24.3 Å². The van der Waals surface area contributed by atoms with Crippen molar-refractivity contribution in [3.63, 3.8) is 0 Å². The first-order chi connectivity index (χ1) is 12.5. The van der Waals surface area contributed by atoms with Crippen LogP contribution in [-0.2, 0) is 9.53 Å². The highest BCUT2D eigenvalue weighted by Crippen LogP contribution is 2.20. The van der Waals surface area contributed by atoms with E-state index >= 15 is 0 Å². The molecular weight excluding hydrogens is 364 g/mol. The molecule has 0 bridgehead atoms. The van der Waals surface area contributed by atoms with Crippen molar-refractivity contribution in [2.45, 2.75) is 65.0 Å². The van der Waals surface area contributed by atoms with Crippen LogP contribution in [-0.4, -0.2) is 35.5 Å². The van der Waals surface area contributed by atoms with Gasteiger partial charge in [-0.1, -0.05) is 12.6 Å². The van der Waals surface area contributed by atoms with E-state index in [4.69, 9.17) is 9.47 Å². The highest BCUT2D eigenvalue weighted by atomic mass is 32.1. The van der Waals surface area contributed by atoms with E-state index in [9.17, 15) is 9.59 Å². The first-order valence-corrected chi connectivity index (χ1v) is 9.65. The lowest BCUT2D eigenvalue weighted by Gasteiger charge is -2.29. The Morgan fingerprint density at radius 3 is 2.26 bits per heavy atom. The number of hydrogen-bond donors (Lipinski definition) is 3. The fourth-order valence-electron chi connectivity index (χ4n) is 2.45. The fourth-order valence-corrected chi connectivity index (χ4v) is 2.75. The van der Waals surface area contributed by atoms with Gasteiger partial charge in [-0.05, 0) is 71.7 Å². The first kappa shape index (κ1) is 23.3. The molecule has 1 aromatic rings. The van der Waals surface area contributed by atoms with E-state index in [1.54, 1.807) is 0 Å². The van der Waals surface area contributed by atoms with Gasteiger partial charge in [0.25, 0.3) is 5.24 Å². The van der Waals surface area contributed by atoms with Crippen LogP contribution < -0.4 is 15.4 Å². The number of thiol groups is 1. The summed E-state index contributed by atoms with van der Waals surface area (Å²) in [6.07, 6.45) is 1.60. The standard InChI is InChI=1S/C20H32N2O4S/c1-6-25-16-9-7-15(8-10-16)21-17(23)11-12-20(4,5)26-14-13-19(2,3)22-18(24)27/h7-10H,6,11-14H2,1-5H3,(H,21,23)(H2,22,24,27). The lowest BCUT2D eigenvalue weighted by molar-refractivity contribution is -0.118. The average Bonchev–Trinajstić information content (AvgIpc) is 2.53. The van der Waals surface area contributed by atoms with Crippen LogP contribution in [0.4, 0.5) is 10.5 Å². The maximum absolute atomic E-state index is 12.2. The van der Waals surface area contributed by atoms with E-state index in [0.29, 0.717) is 32.5 Å². The van der Waals surface area contributed by atoms with E-state index in [1.807, 2.05) is 58.9 Å². The third-order valence-electron chi connectivity index (χ3n) is 4.07. The molecule has 0 aliphatic carbocycles. The van der Waals surface area contributed by atoms with Gasteiger partial charge in [-0.2, -0.15) is 0 Å². The van der Waals surface area contributed by atoms with Crippen molar-refractivity contribution in [1.82, 2.24) is 5.32 Å². The molecule has 27 heavy (non-hydrogen) atoms. The molecule has 7 heteroatoms. The van der Waals surface area contributed by atoms with Crippen LogP contribution in [0.5, 0.6) is 5.75 Å². The van der Waals surface area contributed by atoms with Gasteiger partial charge in [0.05, 0.1) is 12.2 Å². The molecule has 0 fully saturated rings. The second-order valence-corrected chi connectivity index (χ2v) is 8.08. The van der Waals surface area contributed by atoms with Crippen LogP contribution in [0.3, 0.4) is 0 Å². The molecule has 0 saturated heterocycles. The first-order valence-electron chi connectivity index (χ1n) is 9.21. The third-order valence-corrected chi connectivity index (χ3v) is 4.18. The van der Waals surface area contributed by atoms with Crippen molar-refractivity contribution in [1.29, 1.82) is 0 Å². The second-order valence-electron chi connectivity index (χ2n) is 7.68. The minimum absolute atomic E-state index is 0.0569. The summed E-state index contributed by atoms with van der Waals surface area (Å²) in [5, 5.41) is 5.29. The molecule has 0 unspecified atom stereocenters. The molecule has 1 aromatic carbocycles. The van der Waals surface area contributed by atoms with Gasteiger partial charge in [0.15, 0.2) is 0 Å².